The van der Waals surface area contributed by atoms with Crippen LogP contribution in [-0.2, 0) is 22.4 Å². The van der Waals surface area contributed by atoms with Crippen LogP contribution in [0.5, 0.6) is 5.75 Å². The second-order valence-electron chi connectivity index (χ2n) is 9.18. The highest BCUT2D eigenvalue weighted by Crippen LogP contribution is 2.32. The first-order chi connectivity index (χ1) is 16.7. The molecule has 0 bridgehead atoms. The molecule has 5 rings (SSSR count). The number of benzene rings is 2. The lowest BCUT2D eigenvalue weighted by atomic mass is 10.0. The van der Waals surface area contributed by atoms with Gasteiger partial charge in [-0.25, -0.2) is 4.98 Å². The van der Waals surface area contributed by atoms with Gasteiger partial charge in [0.25, 0.3) is 0 Å². The minimum absolute atomic E-state index is 0.132. The molecular weight excluding hydrogens is 450 g/mol. The van der Waals surface area contributed by atoms with Crippen molar-refractivity contribution in [3.63, 3.8) is 0 Å². The van der Waals surface area contributed by atoms with Crippen molar-refractivity contribution in [2.75, 3.05) is 31.2 Å². The molecule has 0 saturated carbocycles. The maximum absolute atomic E-state index is 6.50. The second-order valence-corrected chi connectivity index (χ2v) is 9.62. The lowest BCUT2D eigenvalue weighted by molar-refractivity contribution is -0.184. The number of hydrogen-bond donors (Lipinski definition) is 0. The number of nitrogens with zero attached hydrogens (tertiary/aromatic N) is 3. The van der Waals surface area contributed by atoms with E-state index in [0.29, 0.717) is 19.8 Å². The third kappa shape index (κ3) is 5.93. The Hall–Kier alpha value is -2.54. The molecule has 2 aliphatic heterocycles. The van der Waals surface area contributed by atoms with Gasteiger partial charge in [0.15, 0.2) is 5.79 Å². The van der Waals surface area contributed by atoms with Crippen molar-refractivity contribution in [2.45, 2.75) is 50.5 Å². The van der Waals surface area contributed by atoms with Crippen LogP contribution in [0.1, 0.15) is 31.2 Å². The number of ether oxygens (including phenoxy) is 3. The molecule has 2 atom stereocenters. The van der Waals surface area contributed by atoms with Crippen LogP contribution in [0, 0.1) is 0 Å². The average molecular weight is 482 g/mol. The van der Waals surface area contributed by atoms with Gasteiger partial charge in [0.1, 0.15) is 18.5 Å². The van der Waals surface area contributed by atoms with Crippen LogP contribution < -0.4 is 9.64 Å². The van der Waals surface area contributed by atoms with Crippen molar-refractivity contribution in [2.24, 2.45) is 0 Å². The Morgan fingerprint density at radius 2 is 1.94 bits per heavy atom. The van der Waals surface area contributed by atoms with Gasteiger partial charge in [0.05, 0.1) is 19.5 Å². The molecule has 7 heteroatoms. The molecule has 1 aromatic heterocycles. The Balaban J connectivity index is 1.21. The number of piperidine rings is 1. The molecule has 2 saturated heterocycles. The Labute approximate surface area is 206 Å². The first-order valence-electron chi connectivity index (χ1n) is 12.2. The van der Waals surface area contributed by atoms with E-state index in [1.807, 2.05) is 29.0 Å². The molecule has 0 spiro atoms. The fourth-order valence-electron chi connectivity index (χ4n) is 4.75. The average Bonchev–Trinajstić information content (AvgIpc) is 3.54. The minimum Gasteiger partial charge on any atom is -0.491 e. The van der Waals surface area contributed by atoms with Crippen molar-refractivity contribution < 1.29 is 14.2 Å². The molecule has 0 radical (unpaired) electrons. The molecule has 3 aromatic rings. The van der Waals surface area contributed by atoms with Crippen LogP contribution in [0.2, 0.25) is 5.02 Å². The van der Waals surface area contributed by atoms with Crippen LogP contribution in [-0.4, -0.2) is 47.7 Å². The maximum Gasteiger partial charge on any atom is 0.187 e. The number of imidazole rings is 1. The largest absolute Gasteiger partial charge is 0.491 e. The van der Waals surface area contributed by atoms with Gasteiger partial charge in [-0.1, -0.05) is 29.8 Å². The first-order valence-corrected chi connectivity index (χ1v) is 12.6. The smallest absolute Gasteiger partial charge is 0.187 e. The van der Waals surface area contributed by atoms with Crippen molar-refractivity contribution in [1.29, 1.82) is 0 Å². The number of aryl methyl sites for hydroxylation is 1. The summed E-state index contributed by atoms with van der Waals surface area (Å²) in [5.41, 5.74) is 2.44. The number of anilines is 1. The molecule has 0 aliphatic carbocycles. The SMILES string of the molecule is Clc1ccc(CCC2(Cn3ccnc3)OCC(COc3cccc(N4CCCCC4)c3)O2)cc1. The van der Waals surface area contributed by atoms with E-state index >= 15 is 0 Å². The monoisotopic (exact) mass is 481 g/mol. The summed E-state index contributed by atoms with van der Waals surface area (Å²) in [5, 5.41) is 0.742. The van der Waals surface area contributed by atoms with Gasteiger partial charge >= 0.3 is 0 Å². The van der Waals surface area contributed by atoms with E-state index in [1.54, 1.807) is 12.5 Å². The zero-order chi connectivity index (χ0) is 23.2. The van der Waals surface area contributed by atoms with Gasteiger partial charge in [-0.2, -0.15) is 0 Å². The van der Waals surface area contributed by atoms with Crippen molar-refractivity contribution in [3.05, 3.63) is 77.8 Å². The van der Waals surface area contributed by atoms with Gasteiger partial charge < -0.3 is 23.7 Å². The molecule has 0 amide bonds. The molecule has 2 aliphatic rings. The van der Waals surface area contributed by atoms with Crippen LogP contribution >= 0.6 is 11.6 Å². The number of hydrogen-bond acceptors (Lipinski definition) is 5. The summed E-state index contributed by atoms with van der Waals surface area (Å²) < 4.78 is 21.0. The highest BCUT2D eigenvalue weighted by molar-refractivity contribution is 6.30. The molecule has 2 fully saturated rings. The van der Waals surface area contributed by atoms with Gasteiger partial charge in [-0.15, -0.1) is 0 Å². The highest BCUT2D eigenvalue weighted by Gasteiger charge is 2.42. The third-order valence-corrected chi connectivity index (χ3v) is 6.83. The van der Waals surface area contributed by atoms with Gasteiger partial charge in [0.2, 0.25) is 0 Å². The lowest BCUT2D eigenvalue weighted by Crippen LogP contribution is -2.37. The predicted molar refractivity (Wildman–Crippen MR) is 134 cm³/mol. The fourth-order valence-corrected chi connectivity index (χ4v) is 4.87. The highest BCUT2D eigenvalue weighted by atomic mass is 35.5. The second kappa shape index (κ2) is 10.8. The number of rotatable bonds is 9. The van der Waals surface area contributed by atoms with Gasteiger partial charge in [-0.05, 0) is 55.5 Å². The molecule has 2 aromatic carbocycles. The summed E-state index contributed by atoms with van der Waals surface area (Å²) in [4.78, 5) is 6.62. The summed E-state index contributed by atoms with van der Waals surface area (Å²) in [7, 11) is 0. The van der Waals surface area contributed by atoms with E-state index in [1.165, 1.54) is 30.5 Å². The van der Waals surface area contributed by atoms with E-state index in [-0.39, 0.29) is 6.10 Å². The maximum atomic E-state index is 6.50. The molecule has 3 heterocycles. The Bertz CT molecular complexity index is 1040. The van der Waals surface area contributed by atoms with Crippen LogP contribution in [0.15, 0.2) is 67.3 Å². The number of halogens is 1. The standard InChI is InChI=1S/C27H32ClN3O3/c28-23-9-7-22(8-10-23)11-12-27(20-30-16-13-29-21-30)33-19-26(34-27)18-32-25-6-4-5-24(17-25)31-14-2-1-3-15-31/h4-10,13,16-17,21,26H,1-3,11-12,14-15,18-20H2. The van der Waals surface area contributed by atoms with E-state index in [2.05, 4.69) is 40.2 Å². The summed E-state index contributed by atoms with van der Waals surface area (Å²) in [5.74, 6) is 0.157. The Kier molecular flexibility index (Phi) is 7.38. The molecule has 34 heavy (non-hydrogen) atoms. The van der Waals surface area contributed by atoms with Crippen molar-refractivity contribution >= 4 is 17.3 Å². The quantitative estimate of drug-likeness (QED) is 0.412. The van der Waals surface area contributed by atoms with Crippen LogP contribution in [0.3, 0.4) is 0 Å². The Morgan fingerprint density at radius 1 is 1.09 bits per heavy atom. The summed E-state index contributed by atoms with van der Waals surface area (Å²) in [6.45, 7) is 3.78. The number of aromatic nitrogens is 2. The Morgan fingerprint density at radius 3 is 2.74 bits per heavy atom. The predicted octanol–water partition coefficient (Wildman–Crippen LogP) is 5.35. The van der Waals surface area contributed by atoms with Crippen molar-refractivity contribution in [3.8, 4) is 5.75 Å². The van der Waals surface area contributed by atoms with E-state index in [9.17, 15) is 0 Å². The molecular formula is C27H32ClN3O3. The minimum atomic E-state index is -0.718. The van der Waals surface area contributed by atoms with E-state index < -0.39 is 5.79 Å². The summed E-state index contributed by atoms with van der Waals surface area (Å²) >= 11 is 6.04. The van der Waals surface area contributed by atoms with Crippen LogP contribution in [0.4, 0.5) is 5.69 Å². The van der Waals surface area contributed by atoms with Gasteiger partial charge in [0, 0.05) is 48.7 Å². The molecule has 0 N–H and O–H groups in total. The topological polar surface area (TPSA) is 48.8 Å². The zero-order valence-electron chi connectivity index (χ0n) is 19.4. The summed E-state index contributed by atoms with van der Waals surface area (Å²) in [6.07, 6.45) is 10.8. The first kappa shape index (κ1) is 23.2. The zero-order valence-corrected chi connectivity index (χ0v) is 20.2. The fraction of sp³-hybridized carbons (Fsp3) is 0.444. The molecule has 6 nitrogen and oxygen atoms in total. The summed E-state index contributed by atoms with van der Waals surface area (Å²) in [6, 6.07) is 16.3. The van der Waals surface area contributed by atoms with Crippen LogP contribution in [0.25, 0.3) is 0 Å². The van der Waals surface area contributed by atoms with E-state index in [0.717, 1.165) is 36.7 Å². The third-order valence-electron chi connectivity index (χ3n) is 6.58. The van der Waals surface area contributed by atoms with Crippen molar-refractivity contribution in [1.82, 2.24) is 9.55 Å². The lowest BCUT2D eigenvalue weighted by Gasteiger charge is -2.29. The van der Waals surface area contributed by atoms with E-state index in [4.69, 9.17) is 25.8 Å². The normalized spacial score (nSPS) is 22.7. The van der Waals surface area contributed by atoms with Gasteiger partial charge in [-0.3, -0.25) is 0 Å². The molecule has 180 valence electrons. The molecule has 2 unspecified atom stereocenters.